The molecule has 2 aliphatic rings. The molecule has 2 aliphatic heterocycles. The molecule has 2 aromatic rings. The first-order chi connectivity index (χ1) is 14.1. The number of benzene rings is 2. The van der Waals surface area contributed by atoms with Crippen LogP contribution in [0.2, 0.25) is 0 Å². The number of amides is 1. The first-order valence-corrected chi connectivity index (χ1v) is 9.70. The fourth-order valence-electron chi connectivity index (χ4n) is 3.65. The lowest BCUT2D eigenvalue weighted by molar-refractivity contribution is -0.345. The highest BCUT2D eigenvalue weighted by Crippen LogP contribution is 2.34. The van der Waals surface area contributed by atoms with Crippen molar-refractivity contribution in [2.24, 2.45) is 0 Å². The largest absolute Gasteiger partial charge is 0.388 e. The number of aliphatic hydroxyl groups is 1. The van der Waals surface area contributed by atoms with E-state index in [2.05, 4.69) is 5.32 Å². The van der Waals surface area contributed by atoms with Crippen molar-refractivity contribution < 1.29 is 28.8 Å². The van der Waals surface area contributed by atoms with Gasteiger partial charge in [0.05, 0.1) is 13.2 Å². The van der Waals surface area contributed by atoms with Gasteiger partial charge >= 0.3 is 0 Å². The fourth-order valence-corrected chi connectivity index (χ4v) is 3.65. The lowest BCUT2D eigenvalue weighted by Crippen LogP contribution is -2.66. The van der Waals surface area contributed by atoms with Crippen molar-refractivity contribution >= 4 is 5.91 Å². The summed E-state index contributed by atoms with van der Waals surface area (Å²) < 4.78 is 23.8. The van der Waals surface area contributed by atoms with E-state index in [9.17, 15) is 9.90 Å². The Bertz CT molecular complexity index is 801. The van der Waals surface area contributed by atoms with Gasteiger partial charge in [-0.15, -0.1) is 0 Å². The number of carbonyl (C=O) groups excluding carboxylic acids is 1. The summed E-state index contributed by atoms with van der Waals surface area (Å²) in [4.78, 5) is 11.7. The van der Waals surface area contributed by atoms with E-state index in [4.69, 9.17) is 18.9 Å². The van der Waals surface area contributed by atoms with Crippen LogP contribution in [0.4, 0.5) is 0 Å². The maximum absolute atomic E-state index is 11.7. The molecule has 0 bridgehead atoms. The van der Waals surface area contributed by atoms with Gasteiger partial charge in [-0.1, -0.05) is 60.7 Å². The van der Waals surface area contributed by atoms with Crippen LogP contribution >= 0.6 is 0 Å². The lowest BCUT2D eigenvalue weighted by atomic mass is 9.95. The van der Waals surface area contributed by atoms with Crippen LogP contribution < -0.4 is 5.32 Å². The third-order valence-corrected chi connectivity index (χ3v) is 5.06. The Kier molecular flexibility index (Phi) is 6.22. The molecule has 7 heteroatoms. The van der Waals surface area contributed by atoms with Crippen molar-refractivity contribution in [1.29, 1.82) is 0 Å². The van der Waals surface area contributed by atoms with Gasteiger partial charge in [0.2, 0.25) is 5.91 Å². The summed E-state index contributed by atoms with van der Waals surface area (Å²) >= 11 is 0. The molecular formula is C22H25NO6. The van der Waals surface area contributed by atoms with Crippen molar-refractivity contribution in [3.05, 3.63) is 71.8 Å². The summed E-state index contributed by atoms with van der Waals surface area (Å²) in [7, 11) is 0. The zero-order valence-corrected chi connectivity index (χ0v) is 16.1. The number of hydrogen-bond acceptors (Lipinski definition) is 6. The third-order valence-electron chi connectivity index (χ3n) is 5.06. The molecule has 0 aromatic heterocycles. The molecule has 2 N–H and O–H groups in total. The summed E-state index contributed by atoms with van der Waals surface area (Å²) in [5.41, 5.74) is 1.83. The van der Waals surface area contributed by atoms with Crippen molar-refractivity contribution in [2.75, 3.05) is 6.61 Å². The summed E-state index contributed by atoms with van der Waals surface area (Å²) in [5.74, 6) is -0.281. The summed E-state index contributed by atoms with van der Waals surface area (Å²) in [6.45, 7) is 1.93. The van der Waals surface area contributed by atoms with E-state index >= 15 is 0 Å². The Labute approximate surface area is 169 Å². The van der Waals surface area contributed by atoms with Crippen molar-refractivity contribution in [3.8, 4) is 0 Å². The number of hydrogen-bond donors (Lipinski definition) is 2. The number of fused-ring (bicyclic) bond motifs is 1. The average molecular weight is 399 g/mol. The quantitative estimate of drug-likeness (QED) is 0.799. The topological polar surface area (TPSA) is 86.3 Å². The van der Waals surface area contributed by atoms with Crippen LogP contribution in [0, 0.1) is 0 Å². The fraction of sp³-hybridized carbons (Fsp3) is 0.409. The Balaban J connectivity index is 1.48. The summed E-state index contributed by atoms with van der Waals surface area (Å²) in [5, 5.41) is 13.7. The first-order valence-electron chi connectivity index (χ1n) is 9.70. The van der Waals surface area contributed by atoms with Crippen LogP contribution in [-0.2, 0) is 30.3 Å². The minimum atomic E-state index is -1.01. The van der Waals surface area contributed by atoms with Crippen LogP contribution in [0.5, 0.6) is 0 Å². The molecule has 2 fully saturated rings. The molecule has 154 valence electrons. The third kappa shape index (κ3) is 4.66. The second kappa shape index (κ2) is 9.02. The SMILES string of the molecule is CC(=O)N[C@@H]1[C@H](OCc2ccccc2)O[C@H]2CO[C@H](c3ccccc3)O[C@H]2[C@H]1O. The Morgan fingerprint density at radius 3 is 2.48 bits per heavy atom. The molecule has 7 nitrogen and oxygen atoms in total. The van der Waals surface area contributed by atoms with Gasteiger partial charge in [-0.05, 0) is 5.56 Å². The molecule has 6 atom stereocenters. The highest BCUT2D eigenvalue weighted by Gasteiger charge is 2.50. The van der Waals surface area contributed by atoms with E-state index in [1.807, 2.05) is 60.7 Å². The minimum Gasteiger partial charge on any atom is -0.388 e. The molecule has 0 aliphatic carbocycles. The number of ether oxygens (including phenoxy) is 4. The van der Waals surface area contributed by atoms with Crippen LogP contribution in [0.3, 0.4) is 0 Å². The van der Waals surface area contributed by atoms with Gasteiger partial charge in [0.15, 0.2) is 12.6 Å². The van der Waals surface area contributed by atoms with Crippen LogP contribution in [0.15, 0.2) is 60.7 Å². The predicted octanol–water partition coefficient (Wildman–Crippen LogP) is 1.91. The van der Waals surface area contributed by atoms with E-state index in [1.165, 1.54) is 6.92 Å². The highest BCUT2D eigenvalue weighted by atomic mass is 16.7. The molecule has 29 heavy (non-hydrogen) atoms. The maximum atomic E-state index is 11.7. The Morgan fingerprint density at radius 1 is 1.10 bits per heavy atom. The lowest BCUT2D eigenvalue weighted by Gasteiger charge is -2.47. The predicted molar refractivity (Wildman–Crippen MR) is 104 cm³/mol. The number of nitrogens with one attached hydrogen (secondary N) is 1. The molecule has 0 saturated carbocycles. The standard InChI is InChI=1S/C22H25NO6/c1-14(24)23-18-19(25)20-17(13-27-21(29-20)16-10-6-3-7-11-16)28-22(18)26-12-15-8-4-2-5-9-15/h2-11,17-22,25H,12-13H2,1H3,(H,23,24)/t17-,18-,19-,20+,21-,22+/m0/s1. The van der Waals surface area contributed by atoms with E-state index in [0.717, 1.165) is 11.1 Å². The molecular weight excluding hydrogens is 374 g/mol. The first kappa shape index (κ1) is 20.0. The van der Waals surface area contributed by atoms with Crippen LogP contribution in [0.1, 0.15) is 24.3 Å². The average Bonchev–Trinajstić information content (AvgIpc) is 2.75. The normalized spacial score (nSPS) is 31.7. The Morgan fingerprint density at radius 2 is 1.79 bits per heavy atom. The maximum Gasteiger partial charge on any atom is 0.217 e. The molecule has 0 radical (unpaired) electrons. The van der Waals surface area contributed by atoms with Gasteiger partial charge in [0.1, 0.15) is 24.4 Å². The zero-order valence-electron chi connectivity index (χ0n) is 16.1. The van der Waals surface area contributed by atoms with Crippen molar-refractivity contribution in [2.45, 2.75) is 50.5 Å². The van der Waals surface area contributed by atoms with Gasteiger partial charge in [0, 0.05) is 12.5 Å². The molecule has 2 saturated heterocycles. The highest BCUT2D eigenvalue weighted by molar-refractivity contribution is 5.73. The van der Waals surface area contributed by atoms with E-state index in [0.29, 0.717) is 6.61 Å². The van der Waals surface area contributed by atoms with Crippen LogP contribution in [0.25, 0.3) is 0 Å². The second-order valence-electron chi connectivity index (χ2n) is 7.23. The van der Waals surface area contributed by atoms with Gasteiger partial charge in [-0.2, -0.15) is 0 Å². The number of rotatable bonds is 5. The van der Waals surface area contributed by atoms with E-state index in [-0.39, 0.29) is 12.5 Å². The van der Waals surface area contributed by atoms with Crippen molar-refractivity contribution in [1.82, 2.24) is 5.32 Å². The van der Waals surface area contributed by atoms with Gasteiger partial charge in [-0.25, -0.2) is 0 Å². The molecule has 0 unspecified atom stereocenters. The molecule has 2 heterocycles. The minimum absolute atomic E-state index is 0.249. The van der Waals surface area contributed by atoms with Crippen LogP contribution in [-0.4, -0.2) is 48.3 Å². The van der Waals surface area contributed by atoms with Gasteiger partial charge in [-0.3, -0.25) is 4.79 Å². The zero-order chi connectivity index (χ0) is 20.2. The molecule has 4 rings (SSSR count). The smallest absolute Gasteiger partial charge is 0.217 e. The van der Waals surface area contributed by atoms with Gasteiger partial charge < -0.3 is 29.4 Å². The van der Waals surface area contributed by atoms with E-state index in [1.54, 1.807) is 0 Å². The Hall–Kier alpha value is -2.29. The second-order valence-corrected chi connectivity index (χ2v) is 7.23. The number of carbonyl (C=O) groups is 1. The monoisotopic (exact) mass is 399 g/mol. The number of aliphatic hydroxyl groups excluding tert-OH is 1. The van der Waals surface area contributed by atoms with Crippen molar-refractivity contribution in [3.63, 3.8) is 0 Å². The molecule has 0 spiro atoms. The summed E-state index contributed by atoms with van der Waals surface area (Å²) in [6.07, 6.45) is -3.59. The molecule has 1 amide bonds. The molecule has 2 aromatic carbocycles. The summed E-state index contributed by atoms with van der Waals surface area (Å²) in [6, 6.07) is 18.4. The van der Waals surface area contributed by atoms with E-state index < -0.39 is 36.9 Å². The van der Waals surface area contributed by atoms with Gasteiger partial charge in [0.25, 0.3) is 0 Å².